The number of aryl methyl sites for hydroxylation is 2. The molecule has 0 spiro atoms. The molecule has 0 radical (unpaired) electrons. The second-order valence-corrected chi connectivity index (χ2v) is 5.36. The highest BCUT2D eigenvalue weighted by Crippen LogP contribution is 2.28. The summed E-state index contributed by atoms with van der Waals surface area (Å²) in [5.74, 6) is -0.0173. The first-order valence-corrected chi connectivity index (χ1v) is 7.34. The van der Waals surface area contributed by atoms with E-state index in [0.717, 1.165) is 16.8 Å². The molecular formula is C17H19N3O4. The largest absolute Gasteiger partial charge is 0.496 e. The van der Waals surface area contributed by atoms with Crippen molar-refractivity contribution in [3.05, 3.63) is 57.6 Å². The third-order valence-electron chi connectivity index (χ3n) is 3.50. The molecule has 0 aliphatic heterocycles. The maximum atomic E-state index is 12.1. The quantitative estimate of drug-likeness (QED) is 0.626. The van der Waals surface area contributed by atoms with Crippen molar-refractivity contribution in [2.24, 2.45) is 0 Å². The van der Waals surface area contributed by atoms with E-state index in [2.05, 4.69) is 10.6 Å². The van der Waals surface area contributed by atoms with E-state index in [1.165, 1.54) is 19.2 Å². The van der Waals surface area contributed by atoms with E-state index in [1.54, 1.807) is 6.07 Å². The van der Waals surface area contributed by atoms with Gasteiger partial charge >= 0.3 is 0 Å². The highest BCUT2D eigenvalue weighted by Gasteiger charge is 2.17. The second-order valence-electron chi connectivity index (χ2n) is 5.36. The maximum Gasteiger partial charge on any atom is 0.296 e. The standard InChI is InChI=1S/C17H19N3O4/c1-11-4-6-14(12(2)8-11)18-10-17(21)19-15-7-5-13(24-3)9-16(15)20(22)23/h4-9,18H,10H2,1-3H3,(H,19,21). The molecule has 2 N–H and O–H groups in total. The van der Waals surface area contributed by atoms with Gasteiger partial charge in [0.15, 0.2) is 0 Å². The zero-order valence-corrected chi connectivity index (χ0v) is 13.8. The van der Waals surface area contributed by atoms with E-state index >= 15 is 0 Å². The molecule has 2 aromatic rings. The SMILES string of the molecule is COc1ccc(NC(=O)CNc2ccc(C)cc2C)c([N+](=O)[O-])c1. The van der Waals surface area contributed by atoms with Crippen molar-refractivity contribution in [2.45, 2.75) is 13.8 Å². The molecule has 0 saturated carbocycles. The number of hydrogen-bond donors (Lipinski definition) is 2. The topological polar surface area (TPSA) is 93.5 Å². The third-order valence-corrected chi connectivity index (χ3v) is 3.50. The average Bonchev–Trinajstić information content (AvgIpc) is 2.54. The van der Waals surface area contributed by atoms with Gasteiger partial charge in [0, 0.05) is 5.69 Å². The normalized spacial score (nSPS) is 10.1. The van der Waals surface area contributed by atoms with Gasteiger partial charge in [-0.05, 0) is 37.6 Å². The van der Waals surface area contributed by atoms with Crippen LogP contribution in [-0.2, 0) is 4.79 Å². The average molecular weight is 329 g/mol. The van der Waals surface area contributed by atoms with Crippen molar-refractivity contribution >= 4 is 23.0 Å². The zero-order valence-electron chi connectivity index (χ0n) is 13.8. The Balaban J connectivity index is 2.05. The van der Waals surface area contributed by atoms with Crippen molar-refractivity contribution in [1.82, 2.24) is 0 Å². The van der Waals surface area contributed by atoms with Crippen LogP contribution in [0.2, 0.25) is 0 Å². The number of amides is 1. The minimum absolute atomic E-state index is 0.00703. The van der Waals surface area contributed by atoms with Crippen LogP contribution in [-0.4, -0.2) is 24.5 Å². The lowest BCUT2D eigenvalue weighted by Gasteiger charge is -2.11. The van der Waals surface area contributed by atoms with Gasteiger partial charge in [0.2, 0.25) is 5.91 Å². The number of anilines is 2. The summed E-state index contributed by atoms with van der Waals surface area (Å²) in [5.41, 5.74) is 2.93. The number of nitrogens with one attached hydrogen (secondary N) is 2. The molecule has 0 unspecified atom stereocenters. The van der Waals surface area contributed by atoms with Crippen LogP contribution in [0.4, 0.5) is 17.1 Å². The van der Waals surface area contributed by atoms with Crippen molar-refractivity contribution in [2.75, 3.05) is 24.3 Å². The van der Waals surface area contributed by atoms with Crippen LogP contribution >= 0.6 is 0 Å². The highest BCUT2D eigenvalue weighted by molar-refractivity contribution is 5.96. The Kier molecular flexibility index (Phi) is 5.36. The lowest BCUT2D eigenvalue weighted by atomic mass is 10.1. The van der Waals surface area contributed by atoms with Gasteiger partial charge in [-0.2, -0.15) is 0 Å². The lowest BCUT2D eigenvalue weighted by Crippen LogP contribution is -2.22. The Morgan fingerprint density at radius 3 is 2.50 bits per heavy atom. The van der Waals surface area contributed by atoms with E-state index in [-0.39, 0.29) is 23.8 Å². The van der Waals surface area contributed by atoms with Crippen molar-refractivity contribution < 1.29 is 14.5 Å². The van der Waals surface area contributed by atoms with E-state index in [1.807, 2.05) is 32.0 Å². The Labute approximate surface area is 139 Å². The highest BCUT2D eigenvalue weighted by atomic mass is 16.6. The molecule has 1 amide bonds. The van der Waals surface area contributed by atoms with Crippen LogP contribution in [0.1, 0.15) is 11.1 Å². The Hall–Kier alpha value is -3.09. The summed E-state index contributed by atoms with van der Waals surface area (Å²) in [6.45, 7) is 3.95. The summed E-state index contributed by atoms with van der Waals surface area (Å²) in [6, 6.07) is 10.1. The molecule has 0 aromatic heterocycles. The third kappa shape index (κ3) is 4.22. The van der Waals surface area contributed by atoms with E-state index < -0.39 is 4.92 Å². The first-order chi connectivity index (χ1) is 11.4. The fourth-order valence-corrected chi connectivity index (χ4v) is 2.28. The molecule has 0 saturated heterocycles. The fraction of sp³-hybridized carbons (Fsp3) is 0.235. The van der Waals surface area contributed by atoms with Crippen LogP contribution in [0.25, 0.3) is 0 Å². The summed E-state index contributed by atoms with van der Waals surface area (Å²) in [6.07, 6.45) is 0. The van der Waals surface area contributed by atoms with Crippen molar-refractivity contribution in [3.8, 4) is 5.75 Å². The van der Waals surface area contributed by atoms with Gasteiger partial charge < -0.3 is 15.4 Å². The van der Waals surface area contributed by atoms with E-state index in [0.29, 0.717) is 5.75 Å². The maximum absolute atomic E-state index is 12.1. The molecule has 126 valence electrons. The minimum Gasteiger partial charge on any atom is -0.496 e. The summed E-state index contributed by atoms with van der Waals surface area (Å²) < 4.78 is 4.96. The Morgan fingerprint density at radius 1 is 1.17 bits per heavy atom. The lowest BCUT2D eigenvalue weighted by molar-refractivity contribution is -0.384. The molecule has 2 rings (SSSR count). The predicted octanol–water partition coefficient (Wildman–Crippen LogP) is 3.27. The molecule has 2 aromatic carbocycles. The van der Waals surface area contributed by atoms with Gasteiger partial charge in [0.05, 0.1) is 24.6 Å². The summed E-state index contributed by atoms with van der Waals surface area (Å²) >= 11 is 0. The Morgan fingerprint density at radius 2 is 1.88 bits per heavy atom. The monoisotopic (exact) mass is 329 g/mol. The summed E-state index contributed by atoms with van der Waals surface area (Å²) in [7, 11) is 1.42. The fourth-order valence-electron chi connectivity index (χ4n) is 2.28. The van der Waals surface area contributed by atoms with Gasteiger partial charge in [0.1, 0.15) is 11.4 Å². The second kappa shape index (κ2) is 7.45. The number of hydrogen-bond acceptors (Lipinski definition) is 5. The van der Waals surface area contributed by atoms with Crippen LogP contribution in [0.15, 0.2) is 36.4 Å². The molecule has 0 fully saturated rings. The number of rotatable bonds is 6. The smallest absolute Gasteiger partial charge is 0.296 e. The number of carbonyl (C=O) groups excluding carboxylic acids is 1. The first-order valence-electron chi connectivity index (χ1n) is 7.34. The van der Waals surface area contributed by atoms with Gasteiger partial charge in [-0.15, -0.1) is 0 Å². The van der Waals surface area contributed by atoms with Crippen molar-refractivity contribution in [3.63, 3.8) is 0 Å². The van der Waals surface area contributed by atoms with Gasteiger partial charge in [-0.25, -0.2) is 0 Å². The molecule has 0 bridgehead atoms. The Bertz CT molecular complexity index is 774. The first kappa shape index (κ1) is 17.3. The number of nitro groups is 1. The molecule has 0 aliphatic rings. The van der Waals surface area contributed by atoms with Crippen molar-refractivity contribution in [1.29, 1.82) is 0 Å². The van der Waals surface area contributed by atoms with Gasteiger partial charge in [0.25, 0.3) is 5.69 Å². The molecular weight excluding hydrogens is 310 g/mol. The van der Waals surface area contributed by atoms with Crippen LogP contribution in [0.3, 0.4) is 0 Å². The minimum atomic E-state index is -0.560. The number of ether oxygens (including phenoxy) is 1. The summed E-state index contributed by atoms with van der Waals surface area (Å²) in [5, 5.41) is 16.7. The molecule has 0 aliphatic carbocycles. The predicted molar refractivity (Wildman–Crippen MR) is 92.7 cm³/mol. The molecule has 0 atom stereocenters. The number of methoxy groups -OCH3 is 1. The van der Waals surface area contributed by atoms with Crippen LogP contribution in [0, 0.1) is 24.0 Å². The number of nitrogens with zero attached hydrogens (tertiary/aromatic N) is 1. The van der Waals surface area contributed by atoms with Crippen LogP contribution in [0.5, 0.6) is 5.75 Å². The number of nitro benzene ring substituents is 1. The van der Waals surface area contributed by atoms with Crippen LogP contribution < -0.4 is 15.4 Å². The zero-order chi connectivity index (χ0) is 17.7. The van der Waals surface area contributed by atoms with Gasteiger partial charge in [-0.3, -0.25) is 14.9 Å². The van der Waals surface area contributed by atoms with E-state index in [4.69, 9.17) is 4.74 Å². The number of carbonyl (C=O) groups is 1. The van der Waals surface area contributed by atoms with E-state index in [9.17, 15) is 14.9 Å². The summed E-state index contributed by atoms with van der Waals surface area (Å²) in [4.78, 5) is 22.6. The molecule has 7 heteroatoms. The molecule has 7 nitrogen and oxygen atoms in total. The molecule has 24 heavy (non-hydrogen) atoms. The molecule has 0 heterocycles. The number of benzene rings is 2. The van der Waals surface area contributed by atoms with Gasteiger partial charge in [-0.1, -0.05) is 17.7 Å².